The van der Waals surface area contributed by atoms with Gasteiger partial charge in [0.15, 0.2) is 5.58 Å². The lowest BCUT2D eigenvalue weighted by Crippen LogP contribution is -1.94. The van der Waals surface area contributed by atoms with Gasteiger partial charge in [0.25, 0.3) is 0 Å². The predicted octanol–water partition coefficient (Wildman–Crippen LogP) is 3.82. The molecule has 0 atom stereocenters. The lowest BCUT2D eigenvalue weighted by Gasteiger charge is -1.91. The van der Waals surface area contributed by atoms with Crippen molar-refractivity contribution in [2.75, 3.05) is 0 Å². The summed E-state index contributed by atoms with van der Waals surface area (Å²) in [6.45, 7) is 2.10. The Balaban J connectivity index is 2.08. The second-order valence-electron chi connectivity index (χ2n) is 4.13. The Morgan fingerprint density at radius 2 is 2.21 bits per heavy atom. The van der Waals surface area contributed by atoms with E-state index in [1.54, 1.807) is 17.4 Å². The topological polar surface area (TPSA) is 63.3 Å². The summed E-state index contributed by atoms with van der Waals surface area (Å²) in [6.07, 6.45) is 0.980. The number of rotatable bonds is 3. The maximum absolute atomic E-state index is 10.9. The van der Waals surface area contributed by atoms with Gasteiger partial charge in [0.1, 0.15) is 5.52 Å². The van der Waals surface area contributed by atoms with Crippen LogP contribution in [0, 0.1) is 0 Å². The number of aryl methyl sites for hydroxylation is 1. The van der Waals surface area contributed by atoms with E-state index in [4.69, 9.17) is 9.52 Å². The molecule has 0 unspecified atom stereocenters. The predicted molar refractivity (Wildman–Crippen MR) is 73.7 cm³/mol. The zero-order valence-corrected chi connectivity index (χ0v) is 11.0. The van der Waals surface area contributed by atoms with Crippen LogP contribution >= 0.6 is 11.3 Å². The molecule has 0 aliphatic heterocycles. The average Bonchev–Trinajstić information content (AvgIpc) is 3.03. The highest BCUT2D eigenvalue weighted by Crippen LogP contribution is 2.30. The van der Waals surface area contributed by atoms with Gasteiger partial charge in [-0.3, -0.25) is 0 Å². The van der Waals surface area contributed by atoms with Crippen molar-refractivity contribution in [2.24, 2.45) is 0 Å². The quantitative estimate of drug-likeness (QED) is 0.788. The van der Waals surface area contributed by atoms with Crippen molar-refractivity contribution in [3.63, 3.8) is 0 Å². The summed E-state index contributed by atoms with van der Waals surface area (Å²) >= 11 is 1.64. The minimum Gasteiger partial charge on any atom is -0.478 e. The molecule has 0 bridgehead atoms. The molecule has 0 radical (unpaired) electrons. The molecule has 1 N–H and O–H groups in total. The number of carbonyl (C=O) groups is 1. The minimum atomic E-state index is -0.968. The molecule has 19 heavy (non-hydrogen) atoms. The summed E-state index contributed by atoms with van der Waals surface area (Å²) in [5, 5.41) is 8.94. The molecule has 0 fully saturated rings. The van der Waals surface area contributed by atoms with E-state index in [1.807, 2.05) is 6.07 Å². The molecule has 3 aromatic rings. The van der Waals surface area contributed by atoms with Crippen molar-refractivity contribution < 1.29 is 14.3 Å². The first kappa shape index (κ1) is 11.9. The Hall–Kier alpha value is -2.14. The van der Waals surface area contributed by atoms with E-state index in [1.165, 1.54) is 17.0 Å². The van der Waals surface area contributed by atoms with Crippen LogP contribution in [0.2, 0.25) is 0 Å². The van der Waals surface area contributed by atoms with E-state index < -0.39 is 5.97 Å². The molecule has 0 saturated carbocycles. The number of aromatic carboxylic acids is 1. The van der Waals surface area contributed by atoms with Crippen molar-refractivity contribution in [3.8, 4) is 10.8 Å². The fourth-order valence-corrected chi connectivity index (χ4v) is 2.72. The highest BCUT2D eigenvalue weighted by Gasteiger charge is 2.12. The first-order chi connectivity index (χ1) is 9.17. The third-order valence-corrected chi connectivity index (χ3v) is 4.07. The Kier molecular flexibility index (Phi) is 2.83. The van der Waals surface area contributed by atoms with Crippen molar-refractivity contribution in [3.05, 3.63) is 40.8 Å². The molecule has 0 amide bonds. The fourth-order valence-electron chi connectivity index (χ4n) is 1.85. The van der Waals surface area contributed by atoms with Crippen molar-refractivity contribution in [1.29, 1.82) is 0 Å². The monoisotopic (exact) mass is 273 g/mol. The average molecular weight is 273 g/mol. The number of carboxylic acid groups (broad SMARTS) is 1. The van der Waals surface area contributed by atoms with Gasteiger partial charge in [0.2, 0.25) is 5.89 Å². The number of fused-ring (bicyclic) bond motifs is 1. The Morgan fingerprint density at radius 1 is 1.37 bits per heavy atom. The zero-order chi connectivity index (χ0) is 13.4. The SMILES string of the molecule is CCc1ccc(-c2nc3ccc(C(=O)O)cc3o2)s1. The van der Waals surface area contributed by atoms with Gasteiger partial charge in [0, 0.05) is 4.88 Å². The number of carboxylic acids is 1. The van der Waals surface area contributed by atoms with Crippen molar-refractivity contribution in [1.82, 2.24) is 4.98 Å². The molecule has 96 valence electrons. The number of thiophene rings is 1. The highest BCUT2D eigenvalue weighted by atomic mass is 32.1. The third-order valence-electron chi connectivity index (χ3n) is 2.86. The normalized spacial score (nSPS) is 11.0. The van der Waals surface area contributed by atoms with E-state index in [-0.39, 0.29) is 5.56 Å². The van der Waals surface area contributed by atoms with Gasteiger partial charge in [-0.25, -0.2) is 9.78 Å². The number of benzene rings is 1. The number of hydrogen-bond acceptors (Lipinski definition) is 4. The van der Waals surface area contributed by atoms with Gasteiger partial charge in [-0.2, -0.15) is 0 Å². The van der Waals surface area contributed by atoms with Gasteiger partial charge in [-0.1, -0.05) is 6.92 Å². The smallest absolute Gasteiger partial charge is 0.335 e. The first-order valence-electron chi connectivity index (χ1n) is 5.90. The van der Waals surface area contributed by atoms with Gasteiger partial charge < -0.3 is 9.52 Å². The van der Waals surface area contributed by atoms with Crippen LogP contribution in [0.3, 0.4) is 0 Å². The van der Waals surface area contributed by atoms with Crippen molar-refractivity contribution in [2.45, 2.75) is 13.3 Å². The zero-order valence-electron chi connectivity index (χ0n) is 10.2. The van der Waals surface area contributed by atoms with Crippen LogP contribution < -0.4 is 0 Å². The summed E-state index contributed by atoms with van der Waals surface area (Å²) in [6, 6.07) is 8.73. The largest absolute Gasteiger partial charge is 0.478 e. The maximum Gasteiger partial charge on any atom is 0.335 e. The lowest BCUT2D eigenvalue weighted by atomic mass is 10.2. The Bertz CT molecular complexity index is 757. The minimum absolute atomic E-state index is 0.204. The van der Waals surface area contributed by atoms with Gasteiger partial charge >= 0.3 is 5.97 Å². The summed E-state index contributed by atoms with van der Waals surface area (Å²) in [7, 11) is 0. The summed E-state index contributed by atoms with van der Waals surface area (Å²) < 4.78 is 5.64. The third kappa shape index (κ3) is 2.13. The van der Waals surface area contributed by atoms with E-state index in [0.717, 1.165) is 11.3 Å². The second kappa shape index (κ2) is 4.51. The molecule has 0 spiro atoms. The molecule has 2 aromatic heterocycles. The molecule has 0 aliphatic carbocycles. The standard InChI is InChI=1S/C14H11NO3S/c1-2-9-4-6-12(19-9)13-15-10-5-3-8(14(16)17)7-11(10)18-13/h3-7H,2H2,1H3,(H,16,17). The first-order valence-corrected chi connectivity index (χ1v) is 6.72. The van der Waals surface area contributed by atoms with Gasteiger partial charge in [0.05, 0.1) is 10.4 Å². The van der Waals surface area contributed by atoms with Gasteiger partial charge in [-0.05, 0) is 36.8 Å². The second-order valence-corrected chi connectivity index (χ2v) is 5.29. The number of oxazole rings is 1. The highest BCUT2D eigenvalue weighted by molar-refractivity contribution is 7.15. The molecule has 2 heterocycles. The van der Waals surface area contributed by atoms with E-state index in [9.17, 15) is 4.79 Å². The molecule has 0 saturated heterocycles. The maximum atomic E-state index is 10.9. The Labute approximate surface area is 113 Å². The molecular formula is C14H11NO3S. The molecule has 5 heteroatoms. The van der Waals surface area contributed by atoms with Crippen LogP contribution in [-0.2, 0) is 6.42 Å². The van der Waals surface area contributed by atoms with Crippen LogP contribution in [0.4, 0.5) is 0 Å². The summed E-state index contributed by atoms with van der Waals surface area (Å²) in [5.74, 6) is -0.425. The van der Waals surface area contributed by atoms with Crippen LogP contribution in [-0.4, -0.2) is 16.1 Å². The lowest BCUT2D eigenvalue weighted by molar-refractivity contribution is 0.0697. The van der Waals surface area contributed by atoms with Gasteiger partial charge in [-0.15, -0.1) is 11.3 Å². The number of nitrogens with zero attached hydrogens (tertiary/aromatic N) is 1. The van der Waals surface area contributed by atoms with Crippen LogP contribution in [0.1, 0.15) is 22.2 Å². The fraction of sp³-hybridized carbons (Fsp3) is 0.143. The summed E-state index contributed by atoms with van der Waals surface area (Å²) in [5.41, 5.74) is 1.38. The van der Waals surface area contributed by atoms with E-state index in [2.05, 4.69) is 18.0 Å². The summed E-state index contributed by atoms with van der Waals surface area (Å²) in [4.78, 5) is 17.5. The van der Waals surface area contributed by atoms with Crippen LogP contribution in [0.25, 0.3) is 21.9 Å². The molecule has 3 rings (SSSR count). The van der Waals surface area contributed by atoms with Crippen LogP contribution in [0.15, 0.2) is 34.7 Å². The molecule has 1 aromatic carbocycles. The van der Waals surface area contributed by atoms with Crippen LogP contribution in [0.5, 0.6) is 0 Å². The van der Waals surface area contributed by atoms with E-state index >= 15 is 0 Å². The van der Waals surface area contributed by atoms with E-state index in [0.29, 0.717) is 17.0 Å². The van der Waals surface area contributed by atoms with Crippen molar-refractivity contribution >= 4 is 28.4 Å². The number of aromatic nitrogens is 1. The molecule has 4 nitrogen and oxygen atoms in total. The molecule has 0 aliphatic rings. The Morgan fingerprint density at radius 3 is 2.89 bits per heavy atom. The number of hydrogen-bond donors (Lipinski definition) is 1. The molecular weight excluding hydrogens is 262 g/mol.